The van der Waals surface area contributed by atoms with E-state index >= 15 is 0 Å². The SMILES string of the molecule is CN(Cc1nc(-c2cccc(Cl)c2)no1)CC1CCCC1O. The van der Waals surface area contributed by atoms with Gasteiger partial charge in [0.15, 0.2) is 0 Å². The summed E-state index contributed by atoms with van der Waals surface area (Å²) in [6.45, 7) is 1.42. The van der Waals surface area contributed by atoms with Crippen LogP contribution in [-0.2, 0) is 6.54 Å². The third kappa shape index (κ3) is 3.66. The van der Waals surface area contributed by atoms with Crippen LogP contribution in [-0.4, -0.2) is 39.8 Å². The molecule has 0 amide bonds. The Morgan fingerprint density at radius 1 is 1.41 bits per heavy atom. The van der Waals surface area contributed by atoms with Gasteiger partial charge in [-0.1, -0.05) is 35.3 Å². The molecule has 2 aromatic rings. The summed E-state index contributed by atoms with van der Waals surface area (Å²) < 4.78 is 5.31. The van der Waals surface area contributed by atoms with Gasteiger partial charge in [-0.05, 0) is 37.9 Å². The van der Waals surface area contributed by atoms with E-state index in [1.54, 1.807) is 0 Å². The van der Waals surface area contributed by atoms with Crippen molar-refractivity contribution in [2.45, 2.75) is 31.9 Å². The average Bonchev–Trinajstić information content (AvgIpc) is 3.09. The fourth-order valence-corrected chi connectivity index (χ4v) is 3.18. The zero-order valence-electron chi connectivity index (χ0n) is 12.6. The van der Waals surface area contributed by atoms with Crippen molar-refractivity contribution in [1.82, 2.24) is 15.0 Å². The van der Waals surface area contributed by atoms with Crippen molar-refractivity contribution in [2.24, 2.45) is 5.92 Å². The van der Waals surface area contributed by atoms with Gasteiger partial charge in [0.1, 0.15) is 0 Å². The molecule has 118 valence electrons. The standard InChI is InChI=1S/C16H20ClN3O2/c1-20(9-12-5-3-7-14(12)21)10-15-18-16(19-22-15)11-4-2-6-13(17)8-11/h2,4,6,8,12,14,21H,3,5,7,9-10H2,1H3. The Balaban J connectivity index is 1.61. The molecule has 1 aromatic carbocycles. The van der Waals surface area contributed by atoms with Crippen LogP contribution < -0.4 is 0 Å². The first-order valence-electron chi connectivity index (χ1n) is 7.57. The lowest BCUT2D eigenvalue weighted by Gasteiger charge is -2.21. The minimum Gasteiger partial charge on any atom is -0.393 e. The van der Waals surface area contributed by atoms with Crippen LogP contribution >= 0.6 is 11.6 Å². The number of aliphatic hydroxyl groups is 1. The monoisotopic (exact) mass is 321 g/mol. The highest BCUT2D eigenvalue weighted by atomic mass is 35.5. The molecular weight excluding hydrogens is 302 g/mol. The summed E-state index contributed by atoms with van der Waals surface area (Å²) in [4.78, 5) is 6.53. The second-order valence-electron chi connectivity index (χ2n) is 5.98. The van der Waals surface area contributed by atoms with Crippen molar-refractivity contribution in [3.05, 3.63) is 35.2 Å². The van der Waals surface area contributed by atoms with E-state index in [0.29, 0.717) is 29.2 Å². The molecule has 1 aromatic heterocycles. The van der Waals surface area contributed by atoms with Gasteiger partial charge in [0.05, 0.1) is 12.6 Å². The minimum atomic E-state index is -0.174. The second kappa shape index (κ2) is 6.77. The lowest BCUT2D eigenvalue weighted by atomic mass is 10.1. The predicted octanol–water partition coefficient (Wildman–Crippen LogP) is 2.98. The van der Waals surface area contributed by atoms with Crippen LogP contribution in [0.15, 0.2) is 28.8 Å². The van der Waals surface area contributed by atoms with Gasteiger partial charge in [-0.15, -0.1) is 0 Å². The van der Waals surface area contributed by atoms with E-state index in [1.165, 1.54) is 0 Å². The zero-order valence-corrected chi connectivity index (χ0v) is 13.3. The minimum absolute atomic E-state index is 0.174. The maximum atomic E-state index is 9.89. The summed E-state index contributed by atoms with van der Waals surface area (Å²) in [6, 6.07) is 7.39. The zero-order chi connectivity index (χ0) is 15.5. The van der Waals surface area contributed by atoms with Gasteiger partial charge in [-0.3, -0.25) is 4.90 Å². The van der Waals surface area contributed by atoms with Crippen molar-refractivity contribution in [3.8, 4) is 11.4 Å². The summed E-state index contributed by atoms with van der Waals surface area (Å²) in [6.07, 6.45) is 2.94. The van der Waals surface area contributed by atoms with Crippen molar-refractivity contribution in [1.29, 1.82) is 0 Å². The highest BCUT2D eigenvalue weighted by Gasteiger charge is 2.26. The Hall–Kier alpha value is -1.43. The van der Waals surface area contributed by atoms with Gasteiger partial charge in [-0.2, -0.15) is 4.98 Å². The molecular formula is C16H20ClN3O2. The molecule has 1 heterocycles. The van der Waals surface area contributed by atoms with Crippen LogP contribution in [0.4, 0.5) is 0 Å². The molecule has 6 heteroatoms. The predicted molar refractivity (Wildman–Crippen MR) is 84.4 cm³/mol. The average molecular weight is 322 g/mol. The molecule has 2 unspecified atom stereocenters. The van der Waals surface area contributed by atoms with E-state index in [4.69, 9.17) is 16.1 Å². The Morgan fingerprint density at radius 2 is 2.27 bits per heavy atom. The number of aliphatic hydroxyl groups excluding tert-OH is 1. The van der Waals surface area contributed by atoms with E-state index in [-0.39, 0.29) is 6.10 Å². The van der Waals surface area contributed by atoms with Crippen LogP contribution in [0.2, 0.25) is 5.02 Å². The Labute approximate surface area is 134 Å². The maximum absolute atomic E-state index is 9.89. The molecule has 1 fully saturated rings. The van der Waals surface area contributed by atoms with E-state index in [1.807, 2.05) is 31.3 Å². The fraction of sp³-hybridized carbons (Fsp3) is 0.500. The first-order chi connectivity index (χ1) is 10.6. The molecule has 0 spiro atoms. The molecule has 1 saturated carbocycles. The lowest BCUT2D eigenvalue weighted by molar-refractivity contribution is 0.104. The molecule has 0 bridgehead atoms. The third-order valence-electron chi connectivity index (χ3n) is 4.12. The van der Waals surface area contributed by atoms with Crippen LogP contribution in [0.5, 0.6) is 0 Å². The fourth-order valence-electron chi connectivity index (χ4n) is 2.99. The van der Waals surface area contributed by atoms with E-state index < -0.39 is 0 Å². The molecule has 1 N–H and O–H groups in total. The van der Waals surface area contributed by atoms with Gasteiger partial charge in [0, 0.05) is 17.1 Å². The molecule has 1 aliphatic carbocycles. The molecule has 0 radical (unpaired) electrons. The van der Waals surface area contributed by atoms with Crippen molar-refractivity contribution in [3.63, 3.8) is 0 Å². The first-order valence-corrected chi connectivity index (χ1v) is 7.95. The Morgan fingerprint density at radius 3 is 3.00 bits per heavy atom. The maximum Gasteiger partial charge on any atom is 0.241 e. The van der Waals surface area contributed by atoms with Crippen LogP contribution in [0, 0.1) is 5.92 Å². The van der Waals surface area contributed by atoms with Gasteiger partial charge in [0.25, 0.3) is 0 Å². The quantitative estimate of drug-likeness (QED) is 0.917. The largest absolute Gasteiger partial charge is 0.393 e. The highest BCUT2D eigenvalue weighted by Crippen LogP contribution is 2.26. The van der Waals surface area contributed by atoms with Crippen molar-refractivity contribution < 1.29 is 9.63 Å². The summed E-state index contributed by atoms with van der Waals surface area (Å²) >= 11 is 5.98. The normalized spacial score (nSPS) is 21.6. The third-order valence-corrected chi connectivity index (χ3v) is 4.36. The number of hydrogen-bond acceptors (Lipinski definition) is 5. The van der Waals surface area contributed by atoms with Crippen molar-refractivity contribution in [2.75, 3.05) is 13.6 Å². The molecule has 0 saturated heterocycles. The summed E-state index contributed by atoms with van der Waals surface area (Å²) in [5.41, 5.74) is 0.844. The number of aromatic nitrogens is 2. The topological polar surface area (TPSA) is 62.4 Å². The Bertz CT molecular complexity index is 631. The molecule has 5 nitrogen and oxygen atoms in total. The molecule has 2 atom stereocenters. The van der Waals surface area contributed by atoms with Gasteiger partial charge in [-0.25, -0.2) is 0 Å². The molecule has 22 heavy (non-hydrogen) atoms. The molecule has 0 aliphatic heterocycles. The van der Waals surface area contributed by atoms with E-state index in [2.05, 4.69) is 15.0 Å². The van der Waals surface area contributed by atoms with Crippen LogP contribution in [0.25, 0.3) is 11.4 Å². The summed E-state index contributed by atoms with van der Waals surface area (Å²) in [5, 5.41) is 14.5. The second-order valence-corrected chi connectivity index (χ2v) is 6.41. The van der Waals surface area contributed by atoms with Crippen molar-refractivity contribution >= 4 is 11.6 Å². The summed E-state index contributed by atoms with van der Waals surface area (Å²) in [5.74, 6) is 1.47. The number of hydrogen-bond donors (Lipinski definition) is 1. The number of rotatable bonds is 5. The van der Waals surface area contributed by atoms with Crippen LogP contribution in [0.1, 0.15) is 25.2 Å². The highest BCUT2D eigenvalue weighted by molar-refractivity contribution is 6.30. The Kier molecular flexibility index (Phi) is 4.76. The first kappa shape index (κ1) is 15.5. The van der Waals surface area contributed by atoms with Crippen LogP contribution in [0.3, 0.4) is 0 Å². The number of halogens is 1. The number of benzene rings is 1. The van der Waals surface area contributed by atoms with Gasteiger partial charge >= 0.3 is 0 Å². The summed E-state index contributed by atoms with van der Waals surface area (Å²) in [7, 11) is 2.01. The molecule has 3 rings (SSSR count). The molecule has 1 aliphatic rings. The van der Waals surface area contributed by atoms with Gasteiger partial charge in [0.2, 0.25) is 11.7 Å². The van der Waals surface area contributed by atoms with E-state index in [0.717, 1.165) is 31.4 Å². The number of nitrogens with zero attached hydrogens (tertiary/aromatic N) is 3. The van der Waals surface area contributed by atoms with Gasteiger partial charge < -0.3 is 9.63 Å². The smallest absolute Gasteiger partial charge is 0.241 e. The lowest BCUT2D eigenvalue weighted by Crippen LogP contribution is -2.29. The van der Waals surface area contributed by atoms with E-state index in [9.17, 15) is 5.11 Å².